The van der Waals surface area contributed by atoms with E-state index in [0.717, 1.165) is 37.9 Å². The van der Waals surface area contributed by atoms with E-state index in [2.05, 4.69) is 76.1 Å². The highest BCUT2D eigenvalue weighted by molar-refractivity contribution is 7.09. The van der Waals surface area contributed by atoms with Crippen LogP contribution in [0.25, 0.3) is 17.0 Å². The molecule has 2 aromatic heterocycles. The monoisotopic (exact) mass is 456 g/mol. The van der Waals surface area contributed by atoms with Crippen molar-refractivity contribution in [1.29, 1.82) is 0 Å². The number of para-hydroxylation sites is 1. The number of benzene rings is 2. The van der Waals surface area contributed by atoms with Crippen molar-refractivity contribution in [3.63, 3.8) is 0 Å². The smallest absolute Gasteiger partial charge is 0.330 e. The van der Waals surface area contributed by atoms with Gasteiger partial charge in [0.15, 0.2) is 0 Å². The molecule has 1 aliphatic carbocycles. The van der Waals surface area contributed by atoms with Crippen LogP contribution in [0.1, 0.15) is 39.6 Å². The zero-order valence-corrected chi connectivity index (χ0v) is 19.6. The van der Waals surface area contributed by atoms with Crippen molar-refractivity contribution in [2.75, 3.05) is 13.7 Å². The summed E-state index contributed by atoms with van der Waals surface area (Å²) in [6.07, 6.45) is 8.68. The normalized spacial score (nSPS) is 15.5. The fourth-order valence-corrected chi connectivity index (χ4v) is 5.61. The number of hydrogen-bond acceptors (Lipinski definition) is 4. The number of nitrogens with zero attached hydrogens (tertiary/aromatic N) is 1. The van der Waals surface area contributed by atoms with Crippen LogP contribution in [0.15, 0.2) is 72.3 Å². The number of ether oxygens (including phenoxy) is 1. The van der Waals surface area contributed by atoms with E-state index >= 15 is 0 Å². The molecule has 0 radical (unpaired) electrons. The van der Waals surface area contributed by atoms with Crippen LogP contribution in [0, 0.1) is 0 Å². The van der Waals surface area contributed by atoms with Crippen molar-refractivity contribution >= 4 is 34.3 Å². The lowest BCUT2D eigenvalue weighted by atomic mass is 10.0. The average molecular weight is 457 g/mol. The van der Waals surface area contributed by atoms with E-state index in [1.165, 1.54) is 45.7 Å². The first-order valence-corrected chi connectivity index (χ1v) is 12.3. The third-order valence-corrected chi connectivity index (χ3v) is 7.41. The number of hydrogen-bond donors (Lipinski definition) is 1. The predicted molar refractivity (Wildman–Crippen MR) is 135 cm³/mol. The molecule has 0 fully saturated rings. The summed E-state index contributed by atoms with van der Waals surface area (Å²) in [7, 11) is 1.40. The highest BCUT2D eigenvalue weighted by Crippen LogP contribution is 2.38. The van der Waals surface area contributed by atoms with Gasteiger partial charge in [-0.2, -0.15) is 0 Å². The summed E-state index contributed by atoms with van der Waals surface area (Å²) in [5, 5.41) is 3.48. The van der Waals surface area contributed by atoms with Gasteiger partial charge in [0, 0.05) is 47.2 Å². The maximum Gasteiger partial charge on any atom is 0.330 e. The minimum Gasteiger partial charge on any atom is -0.466 e. The van der Waals surface area contributed by atoms with E-state index < -0.39 is 0 Å². The van der Waals surface area contributed by atoms with Crippen LogP contribution >= 0.6 is 11.3 Å². The van der Waals surface area contributed by atoms with E-state index in [9.17, 15) is 4.79 Å². The number of esters is 1. The molecule has 1 aliphatic rings. The second-order valence-electron chi connectivity index (χ2n) is 8.53. The first-order chi connectivity index (χ1) is 16.2. The number of H-pyrrole nitrogens is 1. The molecule has 2 aromatic carbocycles. The first kappa shape index (κ1) is 21.7. The Morgan fingerprint density at radius 3 is 2.97 bits per heavy atom. The fraction of sp³-hybridized carbons (Fsp3) is 0.250. The molecule has 0 saturated carbocycles. The van der Waals surface area contributed by atoms with Crippen LogP contribution in [-0.4, -0.2) is 29.5 Å². The molecule has 0 aliphatic heterocycles. The van der Waals surface area contributed by atoms with E-state index in [0.29, 0.717) is 6.04 Å². The minimum absolute atomic E-state index is 0.326. The Morgan fingerprint density at radius 1 is 1.21 bits per heavy atom. The number of aryl methyl sites for hydroxylation is 1. The van der Waals surface area contributed by atoms with Gasteiger partial charge < -0.3 is 9.72 Å². The van der Waals surface area contributed by atoms with Crippen LogP contribution < -0.4 is 0 Å². The molecule has 0 spiro atoms. The van der Waals surface area contributed by atoms with Crippen molar-refractivity contribution in [2.24, 2.45) is 0 Å². The Labute approximate surface area is 198 Å². The number of rotatable bonds is 8. The summed E-state index contributed by atoms with van der Waals surface area (Å²) in [6.45, 7) is 1.97. The quantitative estimate of drug-likeness (QED) is 0.256. The fourth-order valence-electron chi connectivity index (χ4n) is 4.88. The van der Waals surface area contributed by atoms with E-state index in [1.54, 1.807) is 0 Å². The maximum absolute atomic E-state index is 11.4. The molecule has 33 heavy (non-hydrogen) atoms. The van der Waals surface area contributed by atoms with Gasteiger partial charge in [0.1, 0.15) is 0 Å². The molecule has 168 valence electrons. The SMILES string of the molecule is COC(=O)/C=C/c1ccc2c(c1)CCC2N(CCc1c[nH]c2ccccc12)Cc1cccs1. The number of carbonyl (C=O) groups is 1. The maximum atomic E-state index is 11.4. The van der Waals surface area contributed by atoms with Gasteiger partial charge in [-0.05, 0) is 65.1 Å². The molecule has 4 aromatic rings. The molecule has 0 amide bonds. The second kappa shape index (κ2) is 9.77. The van der Waals surface area contributed by atoms with Crippen molar-refractivity contribution in [3.8, 4) is 0 Å². The lowest BCUT2D eigenvalue weighted by Gasteiger charge is -2.29. The molecule has 1 atom stereocenters. The van der Waals surface area contributed by atoms with E-state index in [-0.39, 0.29) is 5.97 Å². The van der Waals surface area contributed by atoms with Crippen LogP contribution in [-0.2, 0) is 28.9 Å². The Hall–Kier alpha value is -3.15. The standard InChI is InChI=1S/C28H28N2O2S/c1-32-28(31)13-9-20-8-11-25-21(17-20)10-12-27(25)30(19-23-5-4-16-33-23)15-14-22-18-29-26-7-3-2-6-24(22)26/h2-9,11,13,16-18,27,29H,10,12,14-15,19H2,1H3/b13-9+. The summed E-state index contributed by atoms with van der Waals surface area (Å²) in [4.78, 5) is 18.9. The number of thiophene rings is 1. The molecule has 0 bridgehead atoms. The van der Waals surface area contributed by atoms with Crippen molar-refractivity contribution in [1.82, 2.24) is 9.88 Å². The summed E-state index contributed by atoms with van der Waals surface area (Å²) in [6, 6.07) is 19.9. The molecule has 1 unspecified atom stereocenters. The van der Waals surface area contributed by atoms with Crippen LogP contribution in [0.5, 0.6) is 0 Å². The number of nitrogens with one attached hydrogen (secondary N) is 1. The zero-order chi connectivity index (χ0) is 22.6. The third-order valence-electron chi connectivity index (χ3n) is 6.55. The lowest BCUT2D eigenvalue weighted by Crippen LogP contribution is -2.29. The Balaban J connectivity index is 1.37. The van der Waals surface area contributed by atoms with Crippen LogP contribution in [0.2, 0.25) is 0 Å². The highest BCUT2D eigenvalue weighted by Gasteiger charge is 2.28. The molecule has 5 heteroatoms. The number of aromatic amines is 1. The number of fused-ring (bicyclic) bond motifs is 2. The van der Waals surface area contributed by atoms with Gasteiger partial charge in [0.2, 0.25) is 0 Å². The summed E-state index contributed by atoms with van der Waals surface area (Å²) in [5.41, 5.74) is 6.43. The summed E-state index contributed by atoms with van der Waals surface area (Å²) < 4.78 is 4.71. The largest absolute Gasteiger partial charge is 0.466 e. The Kier molecular flexibility index (Phi) is 6.42. The summed E-state index contributed by atoms with van der Waals surface area (Å²) in [5.74, 6) is -0.326. The van der Waals surface area contributed by atoms with E-state index in [4.69, 9.17) is 4.74 Å². The molecule has 0 saturated heterocycles. The van der Waals surface area contributed by atoms with Gasteiger partial charge in [-0.1, -0.05) is 42.5 Å². The van der Waals surface area contributed by atoms with E-state index in [1.807, 2.05) is 17.4 Å². The molecule has 1 N–H and O–H groups in total. The molecule has 5 rings (SSSR count). The first-order valence-electron chi connectivity index (χ1n) is 11.4. The average Bonchev–Trinajstić information content (AvgIpc) is 3.60. The number of aromatic nitrogens is 1. The lowest BCUT2D eigenvalue weighted by molar-refractivity contribution is -0.134. The molecule has 4 nitrogen and oxygen atoms in total. The topological polar surface area (TPSA) is 45.3 Å². The van der Waals surface area contributed by atoms with Gasteiger partial charge >= 0.3 is 5.97 Å². The second-order valence-corrected chi connectivity index (χ2v) is 9.56. The third kappa shape index (κ3) is 4.80. The minimum atomic E-state index is -0.326. The van der Waals surface area contributed by atoms with Crippen LogP contribution in [0.4, 0.5) is 0 Å². The van der Waals surface area contributed by atoms with Crippen molar-refractivity contribution in [2.45, 2.75) is 31.8 Å². The predicted octanol–water partition coefficient (Wildman–Crippen LogP) is 6.15. The van der Waals surface area contributed by atoms with Crippen molar-refractivity contribution in [3.05, 3.63) is 99.4 Å². The van der Waals surface area contributed by atoms with Gasteiger partial charge in [-0.3, -0.25) is 4.90 Å². The van der Waals surface area contributed by atoms with Crippen molar-refractivity contribution < 1.29 is 9.53 Å². The zero-order valence-electron chi connectivity index (χ0n) is 18.8. The number of carbonyl (C=O) groups excluding carboxylic acids is 1. The van der Waals surface area contributed by atoms with Gasteiger partial charge in [-0.25, -0.2) is 4.79 Å². The molecular formula is C28H28N2O2S. The molecule has 2 heterocycles. The Morgan fingerprint density at radius 2 is 2.12 bits per heavy atom. The van der Waals surface area contributed by atoms with Crippen LogP contribution in [0.3, 0.4) is 0 Å². The Bertz CT molecular complexity index is 1270. The van der Waals surface area contributed by atoms with Gasteiger partial charge in [0.05, 0.1) is 7.11 Å². The highest BCUT2D eigenvalue weighted by atomic mass is 32.1. The molecular weight excluding hydrogens is 428 g/mol. The summed E-state index contributed by atoms with van der Waals surface area (Å²) >= 11 is 1.83. The van der Waals surface area contributed by atoms with Gasteiger partial charge in [-0.15, -0.1) is 11.3 Å². The van der Waals surface area contributed by atoms with Gasteiger partial charge in [0.25, 0.3) is 0 Å². The number of methoxy groups -OCH3 is 1.